The van der Waals surface area contributed by atoms with Crippen LogP contribution in [0.5, 0.6) is 5.75 Å². The second kappa shape index (κ2) is 9.00. The lowest BCUT2D eigenvalue weighted by Gasteiger charge is -2.32. The van der Waals surface area contributed by atoms with Crippen molar-refractivity contribution in [1.82, 2.24) is 9.97 Å². The van der Waals surface area contributed by atoms with Gasteiger partial charge in [-0.15, -0.1) is 0 Å². The number of aromatic nitrogens is 2. The molecule has 0 unspecified atom stereocenters. The van der Waals surface area contributed by atoms with Crippen molar-refractivity contribution in [3.05, 3.63) is 71.7 Å². The van der Waals surface area contributed by atoms with Crippen LogP contribution in [0, 0.1) is 17.6 Å². The molecule has 3 atom stereocenters. The van der Waals surface area contributed by atoms with Crippen LogP contribution < -0.4 is 11.1 Å². The van der Waals surface area contributed by atoms with E-state index < -0.39 is 23.2 Å². The van der Waals surface area contributed by atoms with Crippen LogP contribution in [0.4, 0.5) is 14.5 Å². The SMILES string of the molecule is C[C@@H]1C[C@@H](N)C[C@H](c2ccncc2NC(=O)c2nc(-c3ccc(O)cc3F)ccc2F)C1. The molecule has 32 heavy (non-hydrogen) atoms. The van der Waals surface area contributed by atoms with Gasteiger partial charge in [0.2, 0.25) is 0 Å². The number of phenolic OH excluding ortho intramolecular Hbond substituents is 1. The summed E-state index contributed by atoms with van der Waals surface area (Å²) in [6.07, 6.45) is 5.86. The Bertz CT molecular complexity index is 1140. The topological polar surface area (TPSA) is 101 Å². The summed E-state index contributed by atoms with van der Waals surface area (Å²) in [6.45, 7) is 2.15. The first-order valence-electron chi connectivity index (χ1n) is 10.5. The first-order valence-corrected chi connectivity index (χ1v) is 10.5. The lowest BCUT2D eigenvalue weighted by atomic mass is 9.76. The van der Waals surface area contributed by atoms with Crippen LogP contribution in [0.1, 0.15) is 48.2 Å². The third kappa shape index (κ3) is 4.60. The van der Waals surface area contributed by atoms with E-state index in [4.69, 9.17) is 5.73 Å². The number of nitrogens with two attached hydrogens (primary N) is 1. The number of anilines is 1. The van der Waals surface area contributed by atoms with Crippen LogP contribution in [0.15, 0.2) is 48.8 Å². The number of halogens is 2. The maximum absolute atomic E-state index is 14.5. The van der Waals surface area contributed by atoms with Crippen LogP contribution in [-0.4, -0.2) is 27.0 Å². The predicted molar refractivity (Wildman–Crippen MR) is 117 cm³/mol. The fourth-order valence-corrected chi connectivity index (χ4v) is 4.42. The molecule has 0 bridgehead atoms. The Morgan fingerprint density at radius 2 is 1.94 bits per heavy atom. The van der Waals surface area contributed by atoms with Crippen molar-refractivity contribution in [3.8, 4) is 17.0 Å². The minimum absolute atomic E-state index is 0.0455. The van der Waals surface area contributed by atoms with Crippen molar-refractivity contribution in [2.24, 2.45) is 11.7 Å². The fourth-order valence-electron chi connectivity index (χ4n) is 4.42. The average molecular weight is 438 g/mol. The maximum Gasteiger partial charge on any atom is 0.277 e. The van der Waals surface area contributed by atoms with Gasteiger partial charge < -0.3 is 16.2 Å². The molecule has 166 valence electrons. The lowest BCUT2D eigenvalue weighted by molar-refractivity contribution is 0.101. The smallest absolute Gasteiger partial charge is 0.277 e. The van der Waals surface area contributed by atoms with Gasteiger partial charge >= 0.3 is 0 Å². The van der Waals surface area contributed by atoms with Gasteiger partial charge in [-0.3, -0.25) is 9.78 Å². The van der Waals surface area contributed by atoms with Crippen molar-refractivity contribution in [2.45, 2.75) is 38.1 Å². The van der Waals surface area contributed by atoms with Crippen molar-refractivity contribution < 1.29 is 18.7 Å². The molecule has 1 fully saturated rings. The zero-order chi connectivity index (χ0) is 22.8. The summed E-state index contributed by atoms with van der Waals surface area (Å²) >= 11 is 0. The van der Waals surface area contributed by atoms with Gasteiger partial charge in [-0.1, -0.05) is 6.92 Å². The van der Waals surface area contributed by atoms with E-state index in [9.17, 15) is 18.7 Å². The third-order valence-corrected chi connectivity index (χ3v) is 5.81. The number of pyridine rings is 2. The molecular weight excluding hydrogens is 414 g/mol. The first kappa shape index (κ1) is 21.8. The number of phenols is 1. The summed E-state index contributed by atoms with van der Waals surface area (Å²) in [5.41, 5.74) is 7.24. The summed E-state index contributed by atoms with van der Waals surface area (Å²) in [5, 5.41) is 12.1. The number of nitrogens with one attached hydrogen (secondary N) is 1. The summed E-state index contributed by atoms with van der Waals surface area (Å²) in [4.78, 5) is 21.1. The van der Waals surface area contributed by atoms with Crippen LogP contribution in [0.2, 0.25) is 0 Å². The van der Waals surface area contributed by atoms with Crippen molar-refractivity contribution in [1.29, 1.82) is 0 Å². The van der Waals surface area contributed by atoms with E-state index in [0.717, 1.165) is 37.0 Å². The highest BCUT2D eigenvalue weighted by atomic mass is 19.1. The van der Waals surface area contributed by atoms with E-state index in [0.29, 0.717) is 11.6 Å². The monoisotopic (exact) mass is 438 g/mol. The van der Waals surface area contributed by atoms with Gasteiger partial charge in [0.15, 0.2) is 11.5 Å². The van der Waals surface area contributed by atoms with E-state index in [-0.39, 0.29) is 29.0 Å². The number of rotatable bonds is 4. The van der Waals surface area contributed by atoms with Crippen molar-refractivity contribution >= 4 is 11.6 Å². The lowest BCUT2D eigenvalue weighted by Crippen LogP contribution is -2.31. The Morgan fingerprint density at radius 3 is 2.69 bits per heavy atom. The van der Waals surface area contributed by atoms with Gasteiger partial charge in [-0.05, 0) is 67.0 Å². The fraction of sp³-hybridized carbons (Fsp3) is 0.292. The first-order chi connectivity index (χ1) is 15.3. The standard InChI is InChI=1S/C24H24F2N4O2/c1-13-8-14(10-15(27)9-13)17-6-7-28-12-22(17)30-24(32)23-19(25)4-5-21(29-23)18-3-2-16(31)11-20(18)26/h2-7,11-15,31H,8-10,27H2,1H3,(H,30,32)/t13-,14+,15+/m0/s1. The molecule has 8 heteroatoms. The van der Waals surface area contributed by atoms with Crippen LogP contribution in [0.3, 0.4) is 0 Å². The van der Waals surface area contributed by atoms with E-state index in [1.807, 2.05) is 6.07 Å². The number of aromatic hydroxyl groups is 1. The molecule has 0 spiro atoms. The summed E-state index contributed by atoms with van der Waals surface area (Å²) in [6, 6.07) is 7.81. The molecule has 0 radical (unpaired) electrons. The van der Waals surface area contributed by atoms with Gasteiger partial charge in [0.1, 0.15) is 11.6 Å². The van der Waals surface area contributed by atoms with Gasteiger partial charge in [-0.2, -0.15) is 0 Å². The Hall–Kier alpha value is -3.39. The van der Waals surface area contributed by atoms with E-state index in [1.54, 1.807) is 6.20 Å². The second-order valence-electron chi connectivity index (χ2n) is 8.38. The quantitative estimate of drug-likeness (QED) is 0.552. The van der Waals surface area contributed by atoms with E-state index in [2.05, 4.69) is 22.2 Å². The summed E-state index contributed by atoms with van der Waals surface area (Å²) in [5.74, 6) is -1.95. The van der Waals surface area contributed by atoms with Crippen LogP contribution in [-0.2, 0) is 0 Å². The highest BCUT2D eigenvalue weighted by molar-refractivity contribution is 6.03. The van der Waals surface area contributed by atoms with E-state index in [1.165, 1.54) is 24.4 Å². The second-order valence-corrected chi connectivity index (χ2v) is 8.38. The molecule has 4 N–H and O–H groups in total. The highest BCUT2D eigenvalue weighted by Gasteiger charge is 2.28. The van der Waals surface area contributed by atoms with Gasteiger partial charge in [0, 0.05) is 23.9 Å². The molecule has 2 heterocycles. The number of amides is 1. The molecule has 2 aromatic heterocycles. The highest BCUT2D eigenvalue weighted by Crippen LogP contribution is 2.38. The maximum atomic E-state index is 14.5. The minimum atomic E-state index is -0.829. The number of hydrogen-bond acceptors (Lipinski definition) is 5. The molecule has 1 aliphatic rings. The van der Waals surface area contributed by atoms with Gasteiger partial charge in [0.25, 0.3) is 5.91 Å². The molecule has 4 rings (SSSR count). The largest absolute Gasteiger partial charge is 0.508 e. The van der Waals surface area contributed by atoms with Crippen molar-refractivity contribution in [3.63, 3.8) is 0 Å². The third-order valence-electron chi connectivity index (χ3n) is 5.81. The zero-order valence-electron chi connectivity index (χ0n) is 17.6. The number of nitrogens with zero attached hydrogens (tertiary/aromatic N) is 2. The molecule has 6 nitrogen and oxygen atoms in total. The number of carbonyl (C=O) groups is 1. The molecule has 1 saturated carbocycles. The molecule has 0 aliphatic heterocycles. The molecule has 1 aromatic carbocycles. The normalized spacial score (nSPS) is 20.7. The number of benzene rings is 1. The van der Waals surface area contributed by atoms with Gasteiger partial charge in [-0.25, -0.2) is 13.8 Å². The zero-order valence-corrected chi connectivity index (χ0v) is 17.6. The Labute approximate surface area is 184 Å². The minimum Gasteiger partial charge on any atom is -0.508 e. The van der Waals surface area contributed by atoms with Crippen LogP contribution >= 0.6 is 0 Å². The Kier molecular flexibility index (Phi) is 6.14. The van der Waals surface area contributed by atoms with Crippen LogP contribution in [0.25, 0.3) is 11.3 Å². The number of carbonyl (C=O) groups excluding carboxylic acids is 1. The molecule has 1 amide bonds. The molecule has 3 aromatic rings. The molecule has 1 aliphatic carbocycles. The summed E-state index contributed by atoms with van der Waals surface area (Å²) < 4.78 is 28.7. The molecular formula is C24H24F2N4O2. The predicted octanol–water partition coefficient (Wildman–Crippen LogP) is 4.61. The molecule has 0 saturated heterocycles. The summed E-state index contributed by atoms with van der Waals surface area (Å²) in [7, 11) is 0. The van der Waals surface area contributed by atoms with Gasteiger partial charge in [0.05, 0.1) is 17.6 Å². The number of hydrogen-bond donors (Lipinski definition) is 3. The Morgan fingerprint density at radius 1 is 1.12 bits per heavy atom. The van der Waals surface area contributed by atoms with Crippen molar-refractivity contribution in [2.75, 3.05) is 5.32 Å². The average Bonchev–Trinajstić information content (AvgIpc) is 2.74. The Balaban J connectivity index is 1.63. The van der Waals surface area contributed by atoms with E-state index >= 15 is 0 Å².